The molecule has 0 spiro atoms. The van der Waals surface area contributed by atoms with Gasteiger partial charge >= 0.3 is 0 Å². The van der Waals surface area contributed by atoms with Gasteiger partial charge in [-0.15, -0.1) is 0 Å². The van der Waals surface area contributed by atoms with Crippen molar-refractivity contribution in [1.29, 1.82) is 0 Å². The van der Waals surface area contributed by atoms with E-state index < -0.39 is 0 Å². The monoisotopic (exact) mass is 303 g/mol. The van der Waals surface area contributed by atoms with Crippen molar-refractivity contribution in [3.63, 3.8) is 0 Å². The number of carbonyl (C=O) groups is 1. The maximum atomic E-state index is 12.0. The second-order valence-corrected chi connectivity index (χ2v) is 4.64. The number of Topliss-reactive ketones (excluding diaryl/α,β-unsaturated/α-hetero) is 1. The number of hydrogen-bond donors (Lipinski definition) is 1. The third kappa shape index (κ3) is 3.92. The highest BCUT2D eigenvalue weighted by molar-refractivity contribution is 6.11. The van der Waals surface area contributed by atoms with Crippen molar-refractivity contribution >= 4 is 22.5 Å². The highest BCUT2D eigenvalue weighted by Crippen LogP contribution is 2.22. The van der Waals surface area contributed by atoms with Gasteiger partial charge in [0, 0.05) is 16.6 Å². The molecule has 0 bridgehead atoms. The molecule has 4 nitrogen and oxygen atoms in total. The van der Waals surface area contributed by atoms with Crippen LogP contribution in [0.25, 0.3) is 10.9 Å². The molecule has 1 aromatic carbocycles. The van der Waals surface area contributed by atoms with E-state index in [1.54, 1.807) is 31.2 Å². The van der Waals surface area contributed by atoms with Crippen LogP contribution in [0.5, 0.6) is 0 Å². The van der Waals surface area contributed by atoms with Gasteiger partial charge in [0.05, 0.1) is 5.52 Å². The number of anilines is 1. The number of fused-ring (bicyclic) bond motifs is 1. The molecule has 114 valence electrons. The summed E-state index contributed by atoms with van der Waals surface area (Å²) in [7, 11) is 0. The Balaban J connectivity index is 2.52. The summed E-state index contributed by atoms with van der Waals surface area (Å²) in [6.07, 6.45) is 8.84. The summed E-state index contributed by atoms with van der Waals surface area (Å²) in [6, 6.07) is 5.27. The minimum atomic E-state index is -0.223. The fourth-order valence-electron chi connectivity index (χ4n) is 2.07. The van der Waals surface area contributed by atoms with Crippen molar-refractivity contribution in [2.75, 3.05) is 5.32 Å². The van der Waals surface area contributed by atoms with Crippen LogP contribution in [0, 0.1) is 11.8 Å². The Bertz CT molecular complexity index is 867. The smallest absolute Gasteiger partial charge is 0.235 e. The van der Waals surface area contributed by atoms with Crippen LogP contribution in [0.15, 0.2) is 61.1 Å². The highest BCUT2D eigenvalue weighted by Gasteiger charge is 2.08. The standard InChI is InChI=1S/C19H17N3O/c1-4-7-15(8-5-2)22-19-16-12-14(18(23)9-6-3)10-11-17(16)20-13-21-19/h4-5,7-8,10-13H,1H2,2-3H3,(H,20,21,22)/b8-5-,15-7+. The fourth-order valence-corrected chi connectivity index (χ4v) is 2.07. The normalized spacial score (nSPS) is 11.1. The number of benzene rings is 1. The van der Waals surface area contributed by atoms with Crippen LogP contribution in [-0.2, 0) is 0 Å². The average Bonchev–Trinajstić information content (AvgIpc) is 2.55. The summed E-state index contributed by atoms with van der Waals surface area (Å²) < 4.78 is 0. The van der Waals surface area contributed by atoms with Gasteiger partial charge in [-0.25, -0.2) is 9.97 Å². The first kappa shape index (κ1) is 16.2. The Kier molecular flexibility index (Phi) is 5.43. The number of rotatable bonds is 5. The molecule has 0 aliphatic heterocycles. The molecule has 1 aromatic heterocycles. The molecule has 0 saturated carbocycles. The van der Waals surface area contributed by atoms with Crippen LogP contribution >= 0.6 is 0 Å². The van der Waals surface area contributed by atoms with E-state index in [-0.39, 0.29) is 5.78 Å². The average molecular weight is 303 g/mol. The van der Waals surface area contributed by atoms with Crippen molar-refractivity contribution in [2.45, 2.75) is 13.8 Å². The number of aromatic nitrogens is 2. The zero-order chi connectivity index (χ0) is 16.7. The van der Waals surface area contributed by atoms with Crippen LogP contribution < -0.4 is 5.32 Å². The Hall–Kier alpha value is -3.19. The second-order valence-electron chi connectivity index (χ2n) is 4.64. The summed E-state index contributed by atoms with van der Waals surface area (Å²) in [6.45, 7) is 7.27. The molecule has 0 saturated heterocycles. The van der Waals surface area contributed by atoms with Crippen molar-refractivity contribution in [1.82, 2.24) is 9.97 Å². The van der Waals surface area contributed by atoms with E-state index in [0.29, 0.717) is 11.4 Å². The fraction of sp³-hybridized carbons (Fsp3) is 0.105. The molecule has 2 rings (SSSR count). The van der Waals surface area contributed by atoms with E-state index in [2.05, 4.69) is 33.7 Å². The predicted octanol–water partition coefficient (Wildman–Crippen LogP) is 3.89. The third-order valence-corrected chi connectivity index (χ3v) is 3.04. The molecule has 0 aliphatic rings. The quantitative estimate of drug-likeness (QED) is 0.394. The van der Waals surface area contributed by atoms with E-state index in [0.717, 1.165) is 16.6 Å². The molecule has 0 unspecified atom stereocenters. The number of ketones is 1. The van der Waals surface area contributed by atoms with Gasteiger partial charge in [0.25, 0.3) is 0 Å². The number of nitrogens with one attached hydrogen (secondary N) is 1. The van der Waals surface area contributed by atoms with Crippen LogP contribution in [-0.4, -0.2) is 15.8 Å². The Morgan fingerprint density at radius 1 is 1.35 bits per heavy atom. The molecule has 2 aromatic rings. The molecule has 23 heavy (non-hydrogen) atoms. The van der Waals surface area contributed by atoms with E-state index >= 15 is 0 Å². The van der Waals surface area contributed by atoms with Gasteiger partial charge in [0.15, 0.2) is 0 Å². The van der Waals surface area contributed by atoms with Crippen molar-refractivity contribution in [2.24, 2.45) is 0 Å². The van der Waals surface area contributed by atoms with E-state index in [9.17, 15) is 4.79 Å². The van der Waals surface area contributed by atoms with Crippen LogP contribution in [0.2, 0.25) is 0 Å². The molecule has 0 amide bonds. The van der Waals surface area contributed by atoms with Crippen LogP contribution in [0.1, 0.15) is 24.2 Å². The molecule has 1 heterocycles. The number of carbonyl (C=O) groups excluding carboxylic acids is 1. The summed E-state index contributed by atoms with van der Waals surface area (Å²) >= 11 is 0. The van der Waals surface area contributed by atoms with Crippen molar-refractivity contribution < 1.29 is 4.79 Å². The summed E-state index contributed by atoms with van der Waals surface area (Å²) in [4.78, 5) is 20.5. The molecule has 0 aliphatic carbocycles. The van der Waals surface area contributed by atoms with Gasteiger partial charge < -0.3 is 5.32 Å². The number of hydrogen-bond acceptors (Lipinski definition) is 4. The number of nitrogens with zero attached hydrogens (tertiary/aromatic N) is 2. The topological polar surface area (TPSA) is 54.9 Å². The molecule has 0 atom stereocenters. The summed E-state index contributed by atoms with van der Waals surface area (Å²) in [5, 5.41) is 3.99. The van der Waals surface area contributed by atoms with Crippen molar-refractivity contribution in [3.05, 3.63) is 66.7 Å². The van der Waals surface area contributed by atoms with E-state index in [1.807, 2.05) is 25.2 Å². The molecule has 4 heteroatoms. The zero-order valence-electron chi connectivity index (χ0n) is 13.1. The lowest BCUT2D eigenvalue weighted by molar-refractivity contribution is 0.105. The maximum absolute atomic E-state index is 12.0. The first-order valence-electron chi connectivity index (χ1n) is 7.14. The maximum Gasteiger partial charge on any atom is 0.235 e. The first-order valence-corrected chi connectivity index (χ1v) is 7.14. The van der Waals surface area contributed by atoms with Crippen molar-refractivity contribution in [3.8, 4) is 11.8 Å². The Morgan fingerprint density at radius 2 is 2.17 bits per heavy atom. The molecular formula is C19H17N3O. The Morgan fingerprint density at radius 3 is 2.87 bits per heavy atom. The molecule has 0 radical (unpaired) electrons. The van der Waals surface area contributed by atoms with E-state index in [1.165, 1.54) is 6.33 Å². The van der Waals surface area contributed by atoms with Gasteiger partial charge in [-0.3, -0.25) is 4.79 Å². The summed E-state index contributed by atoms with van der Waals surface area (Å²) in [5.41, 5.74) is 2.11. The number of allylic oxidation sites excluding steroid dienone is 4. The molecule has 0 fully saturated rings. The zero-order valence-corrected chi connectivity index (χ0v) is 13.1. The van der Waals surface area contributed by atoms with Gasteiger partial charge in [-0.05, 0) is 50.1 Å². The SMILES string of the molecule is C=C/C=C(\C=C/C)Nc1ncnc2ccc(C(=O)C#CC)cc12. The predicted molar refractivity (Wildman–Crippen MR) is 94.0 cm³/mol. The van der Waals surface area contributed by atoms with Gasteiger partial charge in [-0.1, -0.05) is 24.7 Å². The summed E-state index contributed by atoms with van der Waals surface area (Å²) in [5.74, 6) is 5.56. The first-order chi connectivity index (χ1) is 11.2. The van der Waals surface area contributed by atoms with Crippen LogP contribution in [0.3, 0.4) is 0 Å². The lowest BCUT2D eigenvalue weighted by Crippen LogP contribution is -2.02. The third-order valence-electron chi connectivity index (χ3n) is 3.04. The van der Waals surface area contributed by atoms with Gasteiger partial charge in [-0.2, -0.15) is 0 Å². The van der Waals surface area contributed by atoms with Gasteiger partial charge in [0.2, 0.25) is 5.78 Å². The molecular weight excluding hydrogens is 286 g/mol. The Labute approximate surface area is 135 Å². The largest absolute Gasteiger partial charge is 0.340 e. The second kappa shape index (κ2) is 7.71. The van der Waals surface area contributed by atoms with Gasteiger partial charge in [0.1, 0.15) is 12.1 Å². The lowest BCUT2D eigenvalue weighted by Gasteiger charge is -2.09. The lowest BCUT2D eigenvalue weighted by atomic mass is 10.1. The molecule has 1 N–H and O–H groups in total. The highest BCUT2D eigenvalue weighted by atomic mass is 16.1. The minimum Gasteiger partial charge on any atom is -0.340 e. The van der Waals surface area contributed by atoms with Crippen LogP contribution in [0.4, 0.5) is 5.82 Å². The minimum absolute atomic E-state index is 0.223. The van der Waals surface area contributed by atoms with E-state index in [4.69, 9.17) is 0 Å².